The Balaban J connectivity index is 0.00000200. The number of aryl methyl sites for hydroxylation is 2. The summed E-state index contributed by atoms with van der Waals surface area (Å²) in [5.41, 5.74) is 3.44. The molecule has 1 aromatic heterocycles. The zero-order valence-electron chi connectivity index (χ0n) is 13.0. The second-order valence-electron chi connectivity index (χ2n) is 4.62. The van der Waals surface area contributed by atoms with Gasteiger partial charge in [-0.25, -0.2) is 0 Å². The molecule has 0 aliphatic carbocycles. The fourth-order valence-corrected chi connectivity index (χ4v) is 1.97. The van der Waals surface area contributed by atoms with E-state index in [9.17, 15) is 0 Å². The van der Waals surface area contributed by atoms with Gasteiger partial charge in [0.05, 0.1) is 6.61 Å². The second kappa shape index (κ2) is 10.9. The first kappa shape index (κ1) is 20.3. The van der Waals surface area contributed by atoms with Crippen molar-refractivity contribution in [1.82, 2.24) is 4.98 Å². The molecule has 0 unspecified atom stereocenters. The van der Waals surface area contributed by atoms with Crippen molar-refractivity contribution in [2.45, 2.75) is 26.2 Å². The van der Waals surface area contributed by atoms with E-state index in [0.717, 1.165) is 36.4 Å². The zero-order valence-corrected chi connectivity index (χ0v) is 15.8. The third kappa shape index (κ3) is 7.19. The van der Waals surface area contributed by atoms with Gasteiger partial charge in [0.25, 0.3) is 0 Å². The number of pyridine rings is 1. The number of aromatic nitrogens is 1. The second-order valence-corrected chi connectivity index (χ2v) is 4.62. The Bertz CT molecular complexity index is 511. The molecule has 3 heteroatoms. The third-order valence-corrected chi connectivity index (χ3v) is 2.96. The van der Waals surface area contributed by atoms with Crippen molar-refractivity contribution < 1.29 is 37.4 Å². The predicted molar refractivity (Wildman–Crippen MR) is 84.7 cm³/mol. The van der Waals surface area contributed by atoms with Crippen molar-refractivity contribution in [3.8, 4) is 5.75 Å². The fraction of sp³-hybridized carbons (Fsp3) is 0.278. The van der Waals surface area contributed by atoms with Crippen molar-refractivity contribution >= 4 is 0 Å². The van der Waals surface area contributed by atoms with E-state index in [-0.39, 0.29) is 40.1 Å². The van der Waals surface area contributed by atoms with E-state index in [1.807, 2.05) is 37.3 Å². The molecular formula is C18H23NOY+. The summed E-state index contributed by atoms with van der Waals surface area (Å²) in [6, 6.07) is 14.3. The first-order valence-electron chi connectivity index (χ1n) is 6.71. The van der Waals surface area contributed by atoms with Crippen molar-refractivity contribution in [2.75, 3.05) is 6.61 Å². The summed E-state index contributed by atoms with van der Waals surface area (Å²) < 4.78 is 5.73. The SMILES string of the molecule is [CH2-]CCc1ccc(OCCc2cccc(C)n2)cc1.[CH3-].[Y+3]. The van der Waals surface area contributed by atoms with E-state index < -0.39 is 0 Å². The van der Waals surface area contributed by atoms with Crippen LogP contribution in [0.2, 0.25) is 0 Å². The summed E-state index contributed by atoms with van der Waals surface area (Å²) in [6.45, 7) is 6.52. The van der Waals surface area contributed by atoms with Gasteiger partial charge in [0, 0.05) is 17.8 Å². The van der Waals surface area contributed by atoms with Crippen molar-refractivity contribution in [2.24, 2.45) is 0 Å². The largest absolute Gasteiger partial charge is 3.00 e. The predicted octanol–water partition coefficient (Wildman–Crippen LogP) is 4.23. The molecule has 0 aliphatic heterocycles. The van der Waals surface area contributed by atoms with Crippen LogP contribution in [0.1, 0.15) is 23.4 Å². The summed E-state index contributed by atoms with van der Waals surface area (Å²) in [7, 11) is 0. The van der Waals surface area contributed by atoms with Gasteiger partial charge in [-0.05, 0) is 31.2 Å². The van der Waals surface area contributed by atoms with E-state index in [1.165, 1.54) is 5.56 Å². The van der Waals surface area contributed by atoms with Crippen LogP contribution in [-0.4, -0.2) is 11.6 Å². The minimum Gasteiger partial charge on any atom is -0.493 e. The van der Waals surface area contributed by atoms with Gasteiger partial charge in [0.15, 0.2) is 0 Å². The van der Waals surface area contributed by atoms with Gasteiger partial charge in [-0.3, -0.25) is 4.98 Å². The van der Waals surface area contributed by atoms with Gasteiger partial charge >= 0.3 is 32.7 Å². The number of rotatable bonds is 6. The van der Waals surface area contributed by atoms with Crippen LogP contribution in [0.3, 0.4) is 0 Å². The van der Waals surface area contributed by atoms with Crippen molar-refractivity contribution in [3.63, 3.8) is 0 Å². The van der Waals surface area contributed by atoms with Gasteiger partial charge in [-0.1, -0.05) is 30.2 Å². The molecule has 0 saturated heterocycles. The van der Waals surface area contributed by atoms with Crippen LogP contribution < -0.4 is 4.74 Å². The van der Waals surface area contributed by atoms with Crippen LogP contribution in [0.5, 0.6) is 5.75 Å². The van der Waals surface area contributed by atoms with E-state index in [0.29, 0.717) is 6.61 Å². The fourth-order valence-electron chi connectivity index (χ4n) is 1.97. The molecule has 0 atom stereocenters. The number of hydrogen-bond donors (Lipinski definition) is 0. The number of hydrogen-bond acceptors (Lipinski definition) is 2. The molecular weight excluding hydrogens is 335 g/mol. The van der Waals surface area contributed by atoms with Gasteiger partial charge in [-0.2, -0.15) is 6.42 Å². The number of ether oxygens (including phenoxy) is 1. The van der Waals surface area contributed by atoms with Gasteiger partial charge in [0.2, 0.25) is 0 Å². The van der Waals surface area contributed by atoms with E-state index in [2.05, 4.69) is 24.0 Å². The molecule has 0 bridgehead atoms. The van der Waals surface area contributed by atoms with Crippen molar-refractivity contribution in [3.05, 3.63) is 73.8 Å². The minimum absolute atomic E-state index is 0. The van der Waals surface area contributed by atoms with Gasteiger partial charge in [0.1, 0.15) is 5.75 Å². The molecule has 2 aromatic rings. The van der Waals surface area contributed by atoms with Crippen LogP contribution in [0.4, 0.5) is 0 Å². The van der Waals surface area contributed by atoms with Crippen molar-refractivity contribution in [1.29, 1.82) is 0 Å². The van der Waals surface area contributed by atoms with Gasteiger partial charge in [-0.15, -0.1) is 0 Å². The van der Waals surface area contributed by atoms with E-state index >= 15 is 0 Å². The maximum absolute atomic E-state index is 5.73. The smallest absolute Gasteiger partial charge is 0.493 e. The monoisotopic (exact) mass is 358 g/mol. The first-order valence-corrected chi connectivity index (χ1v) is 6.71. The molecule has 0 radical (unpaired) electrons. The molecule has 21 heavy (non-hydrogen) atoms. The normalized spacial score (nSPS) is 9.43. The summed E-state index contributed by atoms with van der Waals surface area (Å²) in [6.07, 6.45) is 2.79. The molecule has 0 N–H and O–H groups in total. The molecule has 108 valence electrons. The summed E-state index contributed by atoms with van der Waals surface area (Å²) >= 11 is 0. The molecule has 1 heterocycles. The maximum atomic E-state index is 5.73. The Morgan fingerprint density at radius 3 is 2.38 bits per heavy atom. The van der Waals surface area contributed by atoms with Crippen LogP contribution >= 0.6 is 0 Å². The molecule has 0 saturated carbocycles. The zero-order chi connectivity index (χ0) is 13.5. The molecule has 0 aliphatic rings. The quantitative estimate of drug-likeness (QED) is 0.721. The van der Waals surface area contributed by atoms with Gasteiger partial charge < -0.3 is 19.1 Å². The van der Waals surface area contributed by atoms with Crippen LogP contribution in [0.25, 0.3) is 0 Å². The average Bonchev–Trinajstić information content (AvgIpc) is 2.41. The molecule has 0 spiro atoms. The van der Waals surface area contributed by atoms with Crippen LogP contribution in [-0.2, 0) is 45.6 Å². The van der Waals surface area contributed by atoms with E-state index in [1.54, 1.807) is 0 Å². The Labute approximate surface area is 154 Å². The third-order valence-electron chi connectivity index (χ3n) is 2.96. The topological polar surface area (TPSA) is 22.1 Å². The minimum atomic E-state index is 0. The van der Waals surface area contributed by atoms with Crippen LogP contribution in [0, 0.1) is 21.3 Å². The molecule has 0 amide bonds. The Kier molecular flexibility index (Phi) is 10.5. The first-order chi connectivity index (χ1) is 9.28. The average molecular weight is 358 g/mol. The maximum Gasteiger partial charge on any atom is 3.00 e. The molecule has 2 rings (SSSR count). The summed E-state index contributed by atoms with van der Waals surface area (Å²) in [4.78, 5) is 4.46. The van der Waals surface area contributed by atoms with Crippen LogP contribution in [0.15, 0.2) is 42.5 Å². The molecule has 0 fully saturated rings. The standard InChI is InChI=1S/C17H20NO.CH3.Y/c1-3-5-15-8-10-17(11-9-15)19-13-12-16-7-4-6-14(2)18-16;;/h4,6-11H,1,3,5,12-13H2,2H3;1H3;/q2*-1;+3. The molecule has 1 aromatic carbocycles. The summed E-state index contributed by atoms with van der Waals surface area (Å²) in [5, 5.41) is 0. The molecule has 2 nitrogen and oxygen atoms in total. The Morgan fingerprint density at radius 1 is 1.05 bits per heavy atom. The van der Waals surface area contributed by atoms with E-state index in [4.69, 9.17) is 4.74 Å². The Morgan fingerprint density at radius 2 is 1.76 bits per heavy atom. The number of nitrogens with zero attached hydrogens (tertiary/aromatic N) is 1. The Hall–Kier alpha value is -0.726. The summed E-state index contributed by atoms with van der Waals surface area (Å²) in [5.74, 6) is 0.917. The number of benzene rings is 1.